The van der Waals surface area contributed by atoms with E-state index in [2.05, 4.69) is 20.4 Å². The molecule has 1 aromatic heterocycles. The van der Waals surface area contributed by atoms with E-state index in [4.69, 9.17) is 16.1 Å². The Labute approximate surface area is 216 Å². The average Bonchev–Trinajstić information content (AvgIpc) is 3.34. The molecule has 1 amide bonds. The Hall–Kier alpha value is -2.79. The van der Waals surface area contributed by atoms with Gasteiger partial charge in [-0.05, 0) is 74.5 Å². The highest BCUT2D eigenvalue weighted by atomic mass is 35.5. The van der Waals surface area contributed by atoms with Gasteiger partial charge in [0.1, 0.15) is 0 Å². The highest BCUT2D eigenvalue weighted by molar-refractivity contribution is 7.89. The third-order valence-corrected chi connectivity index (χ3v) is 8.67. The molecule has 11 heteroatoms. The molecule has 9 nitrogen and oxygen atoms in total. The van der Waals surface area contributed by atoms with Crippen LogP contribution in [-0.2, 0) is 21.4 Å². The number of nitrogens with zero attached hydrogens (tertiary/aromatic N) is 4. The van der Waals surface area contributed by atoms with E-state index >= 15 is 0 Å². The van der Waals surface area contributed by atoms with Crippen molar-refractivity contribution in [2.75, 3.05) is 31.5 Å². The van der Waals surface area contributed by atoms with Gasteiger partial charge in [-0.3, -0.25) is 9.69 Å². The quantitative estimate of drug-likeness (QED) is 0.439. The summed E-state index contributed by atoms with van der Waals surface area (Å²) in [5, 5.41) is 7.62. The van der Waals surface area contributed by atoms with E-state index in [0.717, 1.165) is 18.7 Å². The lowest BCUT2D eigenvalue weighted by Gasteiger charge is -2.30. The van der Waals surface area contributed by atoms with Crippen molar-refractivity contribution in [1.29, 1.82) is 0 Å². The largest absolute Gasteiger partial charge is 0.338 e. The van der Waals surface area contributed by atoms with Crippen LogP contribution in [-0.4, -0.2) is 59.8 Å². The predicted molar refractivity (Wildman–Crippen MR) is 138 cm³/mol. The van der Waals surface area contributed by atoms with E-state index in [1.165, 1.54) is 16.4 Å². The van der Waals surface area contributed by atoms with Crippen LogP contribution in [0, 0.1) is 5.92 Å². The molecule has 1 fully saturated rings. The van der Waals surface area contributed by atoms with E-state index in [1.54, 1.807) is 24.3 Å². The monoisotopic (exact) mass is 531 g/mol. The fourth-order valence-electron chi connectivity index (χ4n) is 4.25. The summed E-state index contributed by atoms with van der Waals surface area (Å²) in [7, 11) is -3.52. The molecular weight excluding hydrogens is 502 g/mol. The Morgan fingerprint density at radius 3 is 2.33 bits per heavy atom. The summed E-state index contributed by atoms with van der Waals surface area (Å²) < 4.78 is 32.1. The maximum atomic E-state index is 12.8. The van der Waals surface area contributed by atoms with Crippen LogP contribution in [0.4, 0.5) is 5.69 Å². The molecule has 1 aliphatic rings. The van der Waals surface area contributed by atoms with Crippen molar-refractivity contribution in [3.63, 3.8) is 0 Å². The molecular formula is C25H30ClN5O4S. The number of piperidine rings is 1. The number of hydrogen-bond donors (Lipinski definition) is 1. The van der Waals surface area contributed by atoms with Crippen LogP contribution >= 0.6 is 11.6 Å². The number of nitrogens with one attached hydrogen (secondary N) is 1. The summed E-state index contributed by atoms with van der Waals surface area (Å²) in [6.07, 6.45) is 1.41. The lowest BCUT2D eigenvalue weighted by atomic mass is 9.96. The fraction of sp³-hybridized carbons (Fsp3) is 0.400. The lowest BCUT2D eigenvalue weighted by Crippen LogP contribution is -2.37. The molecule has 0 radical (unpaired) electrons. The molecule has 1 aliphatic heterocycles. The van der Waals surface area contributed by atoms with Crippen LogP contribution in [0.25, 0.3) is 11.4 Å². The second-order valence-corrected chi connectivity index (χ2v) is 11.0. The first-order valence-corrected chi connectivity index (χ1v) is 13.8. The van der Waals surface area contributed by atoms with Gasteiger partial charge in [0.15, 0.2) is 0 Å². The number of likely N-dealkylation sites (tertiary alicyclic amines) is 1. The maximum absolute atomic E-state index is 12.8. The Kier molecular flexibility index (Phi) is 8.40. The van der Waals surface area contributed by atoms with Gasteiger partial charge in [0.2, 0.25) is 27.6 Å². The van der Waals surface area contributed by atoms with Crippen molar-refractivity contribution in [2.45, 2.75) is 38.1 Å². The molecule has 36 heavy (non-hydrogen) atoms. The maximum Gasteiger partial charge on any atom is 0.243 e. The van der Waals surface area contributed by atoms with Crippen LogP contribution in [0.15, 0.2) is 57.9 Å². The summed E-state index contributed by atoms with van der Waals surface area (Å²) in [5.74, 6) is 0.874. The van der Waals surface area contributed by atoms with Gasteiger partial charge >= 0.3 is 0 Å². The van der Waals surface area contributed by atoms with Gasteiger partial charge in [0.05, 0.1) is 11.4 Å². The highest BCUT2D eigenvalue weighted by Gasteiger charge is 2.27. The Morgan fingerprint density at radius 2 is 1.72 bits per heavy atom. The zero-order valence-corrected chi connectivity index (χ0v) is 21.9. The molecule has 2 heterocycles. The lowest BCUT2D eigenvalue weighted by molar-refractivity contribution is -0.121. The summed E-state index contributed by atoms with van der Waals surface area (Å²) >= 11 is 5.93. The first-order chi connectivity index (χ1) is 17.3. The number of rotatable bonds is 9. The Bertz CT molecular complexity index is 1270. The number of hydrogen-bond acceptors (Lipinski definition) is 7. The number of carbonyl (C=O) groups excluding carboxylic acids is 1. The minimum Gasteiger partial charge on any atom is -0.338 e. The number of sulfonamides is 1. The van der Waals surface area contributed by atoms with Crippen LogP contribution in [0.5, 0.6) is 0 Å². The van der Waals surface area contributed by atoms with Gasteiger partial charge < -0.3 is 9.84 Å². The zero-order valence-electron chi connectivity index (χ0n) is 20.4. The molecule has 1 saturated heterocycles. The third kappa shape index (κ3) is 6.12. The fourth-order valence-corrected chi connectivity index (χ4v) is 5.83. The van der Waals surface area contributed by atoms with Gasteiger partial charge in [-0.1, -0.05) is 30.6 Å². The molecule has 4 rings (SSSR count). The average molecular weight is 532 g/mol. The Balaban J connectivity index is 1.27. The summed E-state index contributed by atoms with van der Waals surface area (Å²) in [6, 6.07) is 13.6. The van der Waals surface area contributed by atoms with Gasteiger partial charge in [-0.25, -0.2) is 8.42 Å². The topological polar surface area (TPSA) is 109 Å². The van der Waals surface area contributed by atoms with Crippen LogP contribution in [0.2, 0.25) is 5.02 Å². The van der Waals surface area contributed by atoms with Crippen LogP contribution < -0.4 is 5.32 Å². The number of carbonyl (C=O) groups is 1. The number of aromatic nitrogens is 2. The van der Waals surface area contributed by atoms with Crippen molar-refractivity contribution in [1.82, 2.24) is 19.3 Å². The van der Waals surface area contributed by atoms with Crippen molar-refractivity contribution >= 4 is 33.2 Å². The number of benzene rings is 2. The smallest absolute Gasteiger partial charge is 0.243 e. The van der Waals surface area contributed by atoms with Crippen LogP contribution in [0.1, 0.15) is 32.6 Å². The molecule has 192 valence electrons. The zero-order chi connectivity index (χ0) is 25.7. The molecule has 0 aliphatic carbocycles. The van der Waals surface area contributed by atoms with Crippen molar-refractivity contribution in [2.24, 2.45) is 5.92 Å². The minimum atomic E-state index is -3.52. The summed E-state index contributed by atoms with van der Waals surface area (Å²) in [5.41, 5.74) is 1.42. The molecule has 0 spiro atoms. The second kappa shape index (κ2) is 11.5. The molecule has 1 N–H and O–H groups in total. The molecule has 2 aromatic carbocycles. The predicted octanol–water partition coefficient (Wildman–Crippen LogP) is 4.27. The molecule has 0 bridgehead atoms. The van der Waals surface area contributed by atoms with Crippen molar-refractivity contribution < 1.29 is 17.7 Å². The third-order valence-electron chi connectivity index (χ3n) is 6.35. The van der Waals surface area contributed by atoms with E-state index < -0.39 is 10.0 Å². The molecule has 3 aromatic rings. The van der Waals surface area contributed by atoms with Crippen LogP contribution in [0.3, 0.4) is 0 Å². The minimum absolute atomic E-state index is 0.0585. The van der Waals surface area contributed by atoms with E-state index in [-0.39, 0.29) is 16.7 Å². The second-order valence-electron chi connectivity index (χ2n) is 8.67. The molecule has 0 saturated carbocycles. The highest BCUT2D eigenvalue weighted by Crippen LogP contribution is 2.24. The number of amides is 1. The van der Waals surface area contributed by atoms with E-state index in [0.29, 0.717) is 54.9 Å². The number of anilines is 1. The first kappa shape index (κ1) is 26.3. The molecule has 0 unspecified atom stereocenters. The standard InChI is InChI=1S/C25H30ClN5O4S/c1-3-31(4-2)36(33,34)22-11-9-21(10-12-22)27-25(32)19-13-15-30(16-14-19)17-23-28-24(29-35-23)18-5-7-20(26)8-6-18/h5-12,19H,3-4,13-17H2,1-2H3,(H,27,32). The van der Waals surface area contributed by atoms with Crippen molar-refractivity contribution in [3.8, 4) is 11.4 Å². The molecule has 0 atom stereocenters. The first-order valence-electron chi connectivity index (χ1n) is 12.0. The SMILES string of the molecule is CCN(CC)S(=O)(=O)c1ccc(NC(=O)C2CCN(Cc3nc(-c4ccc(Cl)cc4)no3)CC2)cc1. The normalized spacial score (nSPS) is 15.3. The van der Waals surface area contributed by atoms with E-state index in [1.807, 2.05) is 26.0 Å². The summed E-state index contributed by atoms with van der Waals surface area (Å²) in [4.78, 5) is 19.7. The summed E-state index contributed by atoms with van der Waals surface area (Å²) in [6.45, 7) is 6.42. The van der Waals surface area contributed by atoms with Gasteiger partial charge in [0.25, 0.3) is 0 Å². The van der Waals surface area contributed by atoms with Gasteiger partial charge in [-0.2, -0.15) is 9.29 Å². The number of halogens is 1. The Morgan fingerprint density at radius 1 is 1.08 bits per heavy atom. The van der Waals surface area contributed by atoms with E-state index in [9.17, 15) is 13.2 Å². The van der Waals surface area contributed by atoms with Crippen molar-refractivity contribution in [3.05, 3.63) is 59.4 Å². The van der Waals surface area contributed by atoms with Gasteiger partial charge in [0, 0.05) is 35.3 Å². The van der Waals surface area contributed by atoms with Gasteiger partial charge in [-0.15, -0.1) is 0 Å².